The Morgan fingerprint density at radius 1 is 1.05 bits per heavy atom. The lowest BCUT2D eigenvalue weighted by molar-refractivity contribution is -0.387. The molecule has 6 nitrogen and oxygen atoms in total. The predicted molar refractivity (Wildman–Crippen MR) is 78.0 cm³/mol. The van der Waals surface area contributed by atoms with E-state index in [-0.39, 0.29) is 4.90 Å². The normalized spacial score (nSPS) is 11.1. The zero-order valence-corrected chi connectivity index (χ0v) is 12.4. The van der Waals surface area contributed by atoms with Crippen molar-refractivity contribution >= 4 is 37.3 Å². The van der Waals surface area contributed by atoms with Crippen LogP contribution in [0.25, 0.3) is 0 Å². The molecule has 0 amide bonds. The summed E-state index contributed by atoms with van der Waals surface area (Å²) in [4.78, 5) is 9.78. The second-order valence-corrected chi connectivity index (χ2v) is 6.40. The van der Waals surface area contributed by atoms with Crippen molar-refractivity contribution in [2.24, 2.45) is 0 Å². The predicted octanol–water partition coefficient (Wildman–Crippen LogP) is 3.16. The van der Waals surface area contributed by atoms with Gasteiger partial charge in [-0.2, -0.15) is 0 Å². The SMILES string of the molecule is O=[N+]([O-])c1ccccc1S(=O)(=O)Nc1ccc(Br)cc1. The average molecular weight is 357 g/mol. The number of halogens is 1. The topological polar surface area (TPSA) is 89.3 Å². The maximum Gasteiger partial charge on any atom is 0.289 e. The zero-order chi connectivity index (χ0) is 14.8. The molecule has 2 rings (SSSR count). The first kappa shape index (κ1) is 14.5. The molecule has 0 atom stereocenters. The van der Waals surface area contributed by atoms with Crippen molar-refractivity contribution in [2.45, 2.75) is 4.90 Å². The summed E-state index contributed by atoms with van der Waals surface area (Å²) < 4.78 is 27.5. The number of hydrogen-bond acceptors (Lipinski definition) is 4. The average Bonchev–Trinajstić information content (AvgIpc) is 2.41. The Bertz CT molecular complexity index is 744. The van der Waals surface area contributed by atoms with Gasteiger partial charge in [-0.15, -0.1) is 0 Å². The van der Waals surface area contributed by atoms with Gasteiger partial charge in [0.05, 0.1) is 4.92 Å². The molecule has 0 aliphatic rings. The minimum Gasteiger partial charge on any atom is -0.279 e. The highest BCUT2D eigenvalue weighted by Crippen LogP contribution is 2.25. The lowest BCUT2D eigenvalue weighted by Gasteiger charge is -2.08. The van der Waals surface area contributed by atoms with Gasteiger partial charge in [-0.1, -0.05) is 28.1 Å². The summed E-state index contributed by atoms with van der Waals surface area (Å²) in [6, 6.07) is 11.6. The first-order valence-corrected chi connectivity index (χ1v) is 7.69. The van der Waals surface area contributed by atoms with Crippen LogP contribution < -0.4 is 4.72 Å². The van der Waals surface area contributed by atoms with E-state index in [1.54, 1.807) is 24.3 Å². The third-order valence-electron chi connectivity index (χ3n) is 2.45. The van der Waals surface area contributed by atoms with E-state index >= 15 is 0 Å². The van der Waals surface area contributed by atoms with E-state index in [9.17, 15) is 18.5 Å². The molecular formula is C12H9BrN2O4S. The minimum atomic E-state index is -4.01. The number of nitro benzene ring substituents is 1. The molecule has 0 spiro atoms. The molecule has 0 saturated carbocycles. The molecule has 0 aliphatic carbocycles. The van der Waals surface area contributed by atoms with Crippen molar-refractivity contribution in [3.63, 3.8) is 0 Å². The van der Waals surface area contributed by atoms with Crippen molar-refractivity contribution in [3.8, 4) is 0 Å². The largest absolute Gasteiger partial charge is 0.289 e. The third-order valence-corrected chi connectivity index (χ3v) is 4.41. The minimum absolute atomic E-state index is 0.325. The Morgan fingerprint density at radius 2 is 1.65 bits per heavy atom. The lowest BCUT2D eigenvalue weighted by atomic mass is 10.3. The van der Waals surface area contributed by atoms with Crippen LogP contribution in [0.2, 0.25) is 0 Å². The van der Waals surface area contributed by atoms with E-state index < -0.39 is 20.6 Å². The molecule has 20 heavy (non-hydrogen) atoms. The van der Waals surface area contributed by atoms with Crippen molar-refractivity contribution in [1.82, 2.24) is 0 Å². The van der Waals surface area contributed by atoms with Gasteiger partial charge in [0, 0.05) is 16.2 Å². The summed E-state index contributed by atoms with van der Waals surface area (Å²) in [6.07, 6.45) is 0. The van der Waals surface area contributed by atoms with Gasteiger partial charge >= 0.3 is 0 Å². The van der Waals surface area contributed by atoms with Gasteiger partial charge < -0.3 is 0 Å². The smallest absolute Gasteiger partial charge is 0.279 e. The van der Waals surface area contributed by atoms with Crippen LogP contribution in [0.4, 0.5) is 11.4 Å². The van der Waals surface area contributed by atoms with E-state index in [4.69, 9.17) is 0 Å². The number of hydrogen-bond donors (Lipinski definition) is 1. The molecule has 2 aromatic carbocycles. The number of nitro groups is 1. The van der Waals surface area contributed by atoms with Crippen LogP contribution in [0.15, 0.2) is 57.9 Å². The monoisotopic (exact) mass is 356 g/mol. The van der Waals surface area contributed by atoms with Gasteiger partial charge in [0.1, 0.15) is 0 Å². The van der Waals surface area contributed by atoms with Crippen LogP contribution in [0.3, 0.4) is 0 Å². The summed E-state index contributed by atoms with van der Waals surface area (Å²) in [6.45, 7) is 0. The van der Waals surface area contributed by atoms with Gasteiger partial charge in [-0.25, -0.2) is 8.42 Å². The standard InChI is InChI=1S/C12H9BrN2O4S/c13-9-5-7-10(8-6-9)14-20(18,19)12-4-2-1-3-11(12)15(16)17/h1-8,14H. The fraction of sp³-hybridized carbons (Fsp3) is 0. The summed E-state index contributed by atoms with van der Waals surface area (Å²) >= 11 is 3.23. The van der Waals surface area contributed by atoms with Crippen LogP contribution in [-0.4, -0.2) is 13.3 Å². The van der Waals surface area contributed by atoms with Crippen LogP contribution in [0.1, 0.15) is 0 Å². The molecule has 8 heteroatoms. The number of nitrogens with one attached hydrogen (secondary N) is 1. The highest BCUT2D eigenvalue weighted by molar-refractivity contribution is 9.10. The Labute approximate surface area is 123 Å². The van der Waals surface area contributed by atoms with E-state index in [1.807, 2.05) is 0 Å². The molecule has 0 heterocycles. The van der Waals surface area contributed by atoms with Crippen LogP contribution in [-0.2, 0) is 10.0 Å². The summed E-state index contributed by atoms with van der Waals surface area (Å²) in [5, 5.41) is 10.9. The number of nitrogens with zero attached hydrogens (tertiary/aromatic N) is 1. The molecule has 104 valence electrons. The molecule has 2 aromatic rings. The Morgan fingerprint density at radius 3 is 2.25 bits per heavy atom. The van der Waals surface area contributed by atoms with Crippen molar-refractivity contribution in [3.05, 3.63) is 63.1 Å². The third kappa shape index (κ3) is 3.14. The second-order valence-electron chi connectivity index (χ2n) is 3.84. The van der Waals surface area contributed by atoms with Gasteiger partial charge in [-0.3, -0.25) is 14.8 Å². The van der Waals surface area contributed by atoms with Crippen molar-refractivity contribution < 1.29 is 13.3 Å². The van der Waals surface area contributed by atoms with Gasteiger partial charge in [0.15, 0.2) is 4.90 Å². The maximum absolute atomic E-state index is 12.2. The van der Waals surface area contributed by atoms with Crippen LogP contribution in [0.5, 0.6) is 0 Å². The van der Waals surface area contributed by atoms with E-state index in [0.29, 0.717) is 5.69 Å². The number of anilines is 1. The molecule has 0 radical (unpaired) electrons. The molecule has 0 bridgehead atoms. The first-order valence-electron chi connectivity index (χ1n) is 5.42. The molecule has 1 N–H and O–H groups in total. The summed E-state index contributed by atoms with van der Waals surface area (Å²) in [5.41, 5.74) is -0.136. The first-order chi connectivity index (χ1) is 9.40. The van der Waals surface area contributed by atoms with Crippen molar-refractivity contribution in [1.29, 1.82) is 0 Å². The molecule has 0 saturated heterocycles. The highest BCUT2D eigenvalue weighted by Gasteiger charge is 2.24. The van der Waals surface area contributed by atoms with E-state index in [0.717, 1.165) is 10.5 Å². The Hall–Kier alpha value is -1.93. The zero-order valence-electron chi connectivity index (χ0n) is 9.99. The van der Waals surface area contributed by atoms with E-state index in [2.05, 4.69) is 20.7 Å². The van der Waals surface area contributed by atoms with Gasteiger partial charge in [0.2, 0.25) is 0 Å². The molecule has 0 unspecified atom stereocenters. The number of sulfonamides is 1. The summed E-state index contributed by atoms with van der Waals surface area (Å²) in [5.74, 6) is 0. The summed E-state index contributed by atoms with van der Waals surface area (Å²) in [7, 11) is -4.01. The number of rotatable bonds is 4. The highest BCUT2D eigenvalue weighted by atomic mass is 79.9. The fourth-order valence-corrected chi connectivity index (χ4v) is 3.06. The maximum atomic E-state index is 12.2. The van der Waals surface area contributed by atoms with Gasteiger partial charge in [0.25, 0.3) is 15.7 Å². The molecular weight excluding hydrogens is 348 g/mol. The van der Waals surface area contributed by atoms with Crippen molar-refractivity contribution in [2.75, 3.05) is 4.72 Å². The Balaban J connectivity index is 2.41. The van der Waals surface area contributed by atoms with Crippen LogP contribution >= 0.6 is 15.9 Å². The fourth-order valence-electron chi connectivity index (χ4n) is 1.56. The molecule has 0 aromatic heterocycles. The number of para-hydroxylation sites is 1. The molecule has 0 aliphatic heterocycles. The molecule has 0 fully saturated rings. The second kappa shape index (κ2) is 5.59. The van der Waals surface area contributed by atoms with Crippen LogP contribution in [0, 0.1) is 10.1 Å². The van der Waals surface area contributed by atoms with Gasteiger partial charge in [-0.05, 0) is 30.3 Å². The quantitative estimate of drug-likeness (QED) is 0.672. The lowest BCUT2D eigenvalue weighted by Crippen LogP contribution is -2.14. The van der Waals surface area contributed by atoms with E-state index in [1.165, 1.54) is 18.2 Å². The number of benzene rings is 2. The Kier molecular flexibility index (Phi) is 4.05.